The van der Waals surface area contributed by atoms with E-state index in [9.17, 15) is 14.7 Å². The van der Waals surface area contributed by atoms with Crippen LogP contribution in [0, 0.1) is 5.92 Å². The van der Waals surface area contributed by atoms with Crippen molar-refractivity contribution in [2.45, 2.75) is 46.2 Å². The van der Waals surface area contributed by atoms with Gasteiger partial charge in [0.05, 0.1) is 12.7 Å². The Kier molecular flexibility index (Phi) is 8.51. The van der Waals surface area contributed by atoms with Gasteiger partial charge >= 0.3 is 11.9 Å². The van der Waals surface area contributed by atoms with E-state index in [2.05, 4.69) is 17.0 Å². The van der Waals surface area contributed by atoms with Crippen LogP contribution in [-0.2, 0) is 16.1 Å². The monoisotopic (exact) mass is 404 g/mol. The van der Waals surface area contributed by atoms with Crippen LogP contribution in [0.5, 0.6) is 5.75 Å². The largest absolute Gasteiger partial charge is 0.494 e. The van der Waals surface area contributed by atoms with Gasteiger partial charge < -0.3 is 19.8 Å². The number of hydrogen-bond donors (Lipinski definition) is 2. The molecule has 1 saturated heterocycles. The number of benzene rings is 1. The van der Waals surface area contributed by atoms with Gasteiger partial charge in [0.2, 0.25) is 0 Å². The fraction of sp³-hybridized carbons (Fsp3) is 0.545. The van der Waals surface area contributed by atoms with E-state index in [1.807, 2.05) is 32.9 Å². The van der Waals surface area contributed by atoms with Crippen LogP contribution in [0.25, 0.3) is 0 Å². The van der Waals surface area contributed by atoms with Crippen molar-refractivity contribution in [3.63, 3.8) is 0 Å². The minimum Gasteiger partial charge on any atom is -0.494 e. The number of carboxylic acids is 2. The first-order chi connectivity index (χ1) is 13.8. The van der Waals surface area contributed by atoms with Crippen molar-refractivity contribution in [3.8, 4) is 5.75 Å². The summed E-state index contributed by atoms with van der Waals surface area (Å²) in [5.74, 6) is -1.33. The van der Waals surface area contributed by atoms with Crippen molar-refractivity contribution in [1.29, 1.82) is 0 Å². The maximum atomic E-state index is 11.7. The summed E-state index contributed by atoms with van der Waals surface area (Å²) >= 11 is 0. The number of rotatable bonds is 10. The number of hydrogen-bond acceptors (Lipinski definition) is 5. The molecular weight excluding hydrogens is 372 g/mol. The highest BCUT2D eigenvalue weighted by atomic mass is 16.5. The second-order valence-corrected chi connectivity index (χ2v) is 7.81. The topological polar surface area (TPSA) is 90.3 Å². The minimum atomic E-state index is -1.23. The molecule has 1 aromatic rings. The molecule has 1 aliphatic heterocycles. The first-order valence-corrected chi connectivity index (χ1v) is 10.2. The average Bonchev–Trinajstić information content (AvgIpc) is 2.65. The molecule has 0 aromatic heterocycles. The van der Waals surface area contributed by atoms with Crippen LogP contribution >= 0.6 is 0 Å². The lowest BCUT2D eigenvalue weighted by Gasteiger charge is -2.40. The molecule has 1 aliphatic rings. The molecule has 7 heteroatoms. The molecule has 160 valence electrons. The molecule has 29 heavy (non-hydrogen) atoms. The smallest absolute Gasteiger partial charge is 0.352 e. The highest BCUT2D eigenvalue weighted by Crippen LogP contribution is 2.24. The third kappa shape index (κ3) is 7.09. The fourth-order valence-corrected chi connectivity index (χ4v) is 3.77. The van der Waals surface area contributed by atoms with Gasteiger partial charge in [-0.3, -0.25) is 4.90 Å². The predicted molar refractivity (Wildman–Crippen MR) is 111 cm³/mol. The van der Waals surface area contributed by atoms with Crippen LogP contribution in [0.3, 0.4) is 0 Å². The Hall–Kier alpha value is -2.54. The van der Waals surface area contributed by atoms with Gasteiger partial charge in [-0.25, -0.2) is 9.59 Å². The third-order valence-corrected chi connectivity index (χ3v) is 4.96. The van der Waals surface area contributed by atoms with Gasteiger partial charge in [-0.05, 0) is 43.4 Å². The summed E-state index contributed by atoms with van der Waals surface area (Å²) in [6.07, 6.45) is 2.40. The SMILES string of the molecule is CCOc1cccc(CN2CCC(N(CC(C)C)/C(=C/C(=O)O)C(=O)O)CC2)c1. The van der Waals surface area contributed by atoms with E-state index in [1.165, 1.54) is 5.56 Å². The van der Waals surface area contributed by atoms with E-state index >= 15 is 0 Å². The molecule has 0 unspecified atom stereocenters. The zero-order valence-corrected chi connectivity index (χ0v) is 17.5. The molecule has 1 heterocycles. The van der Waals surface area contributed by atoms with E-state index in [1.54, 1.807) is 4.90 Å². The summed E-state index contributed by atoms with van der Waals surface area (Å²) in [5, 5.41) is 18.7. The predicted octanol–water partition coefficient (Wildman–Crippen LogP) is 3.06. The first-order valence-electron chi connectivity index (χ1n) is 10.2. The normalized spacial score (nSPS) is 16.1. The Labute approximate surface area is 172 Å². The Bertz CT molecular complexity index is 724. The number of aliphatic carboxylic acids is 2. The highest BCUT2D eigenvalue weighted by molar-refractivity contribution is 5.94. The lowest BCUT2D eigenvalue weighted by molar-refractivity contribution is -0.137. The van der Waals surface area contributed by atoms with Crippen LogP contribution in [-0.4, -0.2) is 64.2 Å². The van der Waals surface area contributed by atoms with Crippen LogP contribution in [0.2, 0.25) is 0 Å². The minimum absolute atomic E-state index is 0.0186. The van der Waals surface area contributed by atoms with Crippen LogP contribution in [0.15, 0.2) is 36.0 Å². The summed E-state index contributed by atoms with van der Waals surface area (Å²) in [4.78, 5) is 26.9. The standard InChI is InChI=1S/C22H32N2O5/c1-4-29-19-7-5-6-17(12-19)15-23-10-8-18(9-11-23)24(14-16(2)3)20(22(27)28)13-21(25)26/h5-7,12-13,16,18H,4,8-11,14-15H2,1-3H3,(H,25,26)(H,27,28)/b20-13+. The molecule has 1 aromatic carbocycles. The van der Waals surface area contributed by atoms with Crippen molar-refractivity contribution in [1.82, 2.24) is 9.80 Å². The number of ether oxygens (including phenoxy) is 1. The molecule has 0 amide bonds. The molecule has 2 rings (SSSR count). The molecule has 0 spiro atoms. The van der Waals surface area contributed by atoms with Crippen molar-refractivity contribution in [2.75, 3.05) is 26.2 Å². The molecular formula is C22H32N2O5. The lowest BCUT2D eigenvalue weighted by atomic mass is 10.00. The molecule has 0 saturated carbocycles. The Morgan fingerprint density at radius 1 is 1.28 bits per heavy atom. The van der Waals surface area contributed by atoms with E-state index in [4.69, 9.17) is 9.84 Å². The molecule has 0 aliphatic carbocycles. The molecule has 0 bridgehead atoms. The maximum Gasteiger partial charge on any atom is 0.352 e. The summed E-state index contributed by atoms with van der Waals surface area (Å²) in [6.45, 7) is 9.61. The number of piperidine rings is 1. The Morgan fingerprint density at radius 3 is 2.52 bits per heavy atom. The van der Waals surface area contributed by atoms with E-state index in [0.717, 1.165) is 44.3 Å². The zero-order valence-electron chi connectivity index (χ0n) is 17.5. The second kappa shape index (κ2) is 10.9. The highest BCUT2D eigenvalue weighted by Gasteiger charge is 2.29. The van der Waals surface area contributed by atoms with Crippen molar-refractivity contribution in [3.05, 3.63) is 41.6 Å². The Balaban J connectivity index is 2.04. The molecule has 0 radical (unpaired) electrons. The summed E-state index contributed by atoms with van der Waals surface area (Å²) < 4.78 is 5.57. The van der Waals surface area contributed by atoms with Crippen molar-refractivity contribution < 1.29 is 24.5 Å². The first kappa shape index (κ1) is 22.7. The number of nitrogens with zero attached hydrogens (tertiary/aromatic N) is 2. The summed E-state index contributed by atoms with van der Waals surface area (Å²) in [7, 11) is 0. The van der Waals surface area contributed by atoms with Gasteiger partial charge in [0.15, 0.2) is 0 Å². The van der Waals surface area contributed by atoms with Gasteiger partial charge in [0.1, 0.15) is 11.4 Å². The van der Waals surface area contributed by atoms with Crippen LogP contribution in [0.1, 0.15) is 39.2 Å². The molecule has 2 N–H and O–H groups in total. The van der Waals surface area contributed by atoms with Gasteiger partial charge in [-0.2, -0.15) is 0 Å². The number of likely N-dealkylation sites (tertiary alicyclic amines) is 1. The fourth-order valence-electron chi connectivity index (χ4n) is 3.77. The lowest BCUT2D eigenvalue weighted by Crippen LogP contribution is -2.46. The van der Waals surface area contributed by atoms with Crippen LogP contribution in [0.4, 0.5) is 0 Å². The quantitative estimate of drug-likeness (QED) is 0.579. The number of carbonyl (C=O) groups is 2. The molecule has 1 fully saturated rings. The van der Waals surface area contributed by atoms with Gasteiger partial charge in [0, 0.05) is 32.2 Å². The van der Waals surface area contributed by atoms with E-state index in [-0.39, 0.29) is 17.7 Å². The van der Waals surface area contributed by atoms with Gasteiger partial charge in [0.25, 0.3) is 0 Å². The summed E-state index contributed by atoms with van der Waals surface area (Å²) in [6, 6.07) is 8.10. The van der Waals surface area contributed by atoms with Gasteiger partial charge in [-0.15, -0.1) is 0 Å². The zero-order chi connectivity index (χ0) is 21.4. The second-order valence-electron chi connectivity index (χ2n) is 7.81. The summed E-state index contributed by atoms with van der Waals surface area (Å²) in [5.41, 5.74) is 1.06. The third-order valence-electron chi connectivity index (χ3n) is 4.96. The van der Waals surface area contributed by atoms with E-state index < -0.39 is 11.9 Å². The average molecular weight is 405 g/mol. The molecule has 0 atom stereocenters. The van der Waals surface area contributed by atoms with Crippen molar-refractivity contribution >= 4 is 11.9 Å². The maximum absolute atomic E-state index is 11.7. The van der Waals surface area contributed by atoms with Crippen molar-refractivity contribution in [2.24, 2.45) is 5.92 Å². The van der Waals surface area contributed by atoms with E-state index in [0.29, 0.717) is 13.2 Å². The molecule has 7 nitrogen and oxygen atoms in total. The van der Waals surface area contributed by atoms with Crippen LogP contribution < -0.4 is 4.74 Å². The Morgan fingerprint density at radius 2 is 1.97 bits per heavy atom. The van der Waals surface area contributed by atoms with Gasteiger partial charge in [-0.1, -0.05) is 26.0 Å². The number of carboxylic acid groups (broad SMARTS) is 2.